The van der Waals surface area contributed by atoms with E-state index < -0.39 is 0 Å². The predicted octanol–water partition coefficient (Wildman–Crippen LogP) is 5.91. The molecule has 5 nitrogen and oxygen atoms in total. The molecular formula is C28H27Cl2N3O2. The first-order valence-electron chi connectivity index (χ1n) is 11.9. The number of benzene rings is 2. The number of rotatable bonds is 8. The number of hydrogen-bond acceptors (Lipinski definition) is 4. The molecule has 180 valence electrons. The number of carbonyl (C=O) groups is 1. The molecule has 1 saturated carbocycles. The van der Waals surface area contributed by atoms with Gasteiger partial charge in [-0.25, -0.2) is 0 Å². The van der Waals surface area contributed by atoms with E-state index in [1.807, 2.05) is 47.4 Å². The van der Waals surface area contributed by atoms with Crippen LogP contribution in [0.2, 0.25) is 10.0 Å². The predicted molar refractivity (Wildman–Crippen MR) is 139 cm³/mol. The lowest BCUT2D eigenvalue weighted by Gasteiger charge is -2.28. The molecule has 1 amide bonds. The van der Waals surface area contributed by atoms with E-state index >= 15 is 0 Å². The molecule has 0 spiro atoms. The van der Waals surface area contributed by atoms with Gasteiger partial charge in [0.25, 0.3) is 5.91 Å². The number of amides is 1. The number of carbonyl (C=O) groups excluding carboxylic acids is 1. The van der Waals surface area contributed by atoms with Crippen LogP contribution >= 0.6 is 23.2 Å². The van der Waals surface area contributed by atoms with Crippen LogP contribution in [0.25, 0.3) is 5.57 Å². The lowest BCUT2D eigenvalue weighted by Crippen LogP contribution is -2.39. The van der Waals surface area contributed by atoms with Gasteiger partial charge in [-0.2, -0.15) is 0 Å². The Morgan fingerprint density at radius 3 is 2.77 bits per heavy atom. The molecule has 1 aliphatic heterocycles. The highest BCUT2D eigenvalue weighted by Gasteiger charge is 2.35. The maximum absolute atomic E-state index is 13.9. The fraction of sp³-hybridized carbons (Fsp3) is 0.286. The molecule has 0 unspecified atom stereocenters. The van der Waals surface area contributed by atoms with Crippen molar-refractivity contribution in [2.24, 2.45) is 0 Å². The zero-order valence-corrected chi connectivity index (χ0v) is 20.9. The monoisotopic (exact) mass is 507 g/mol. The number of ether oxygens (including phenoxy) is 1. The van der Waals surface area contributed by atoms with E-state index in [9.17, 15) is 4.79 Å². The molecule has 1 N–H and O–H groups in total. The summed E-state index contributed by atoms with van der Waals surface area (Å²) in [5, 5.41) is 4.41. The van der Waals surface area contributed by atoms with Crippen LogP contribution in [0.1, 0.15) is 36.0 Å². The molecule has 2 heterocycles. The molecule has 0 bridgehead atoms. The third kappa shape index (κ3) is 5.69. The summed E-state index contributed by atoms with van der Waals surface area (Å²) in [5.41, 5.74) is 4.79. The SMILES string of the molecule is O=C(C1=C(c2cccc(OCc3cccnc3)c2)CCNC1)N(Cc1cccc(Cl)c1Cl)C1CC1. The molecule has 7 heteroatoms. The minimum absolute atomic E-state index is 0.0624. The minimum Gasteiger partial charge on any atom is -0.489 e. The zero-order chi connectivity index (χ0) is 24.2. The van der Waals surface area contributed by atoms with Crippen molar-refractivity contribution < 1.29 is 9.53 Å². The molecule has 1 aliphatic carbocycles. The number of pyridine rings is 1. The normalized spacial score (nSPS) is 15.7. The standard InChI is InChI=1S/C28H27Cl2N3O2/c29-26-8-2-6-21(27(26)30)17-33(22-9-10-22)28(34)25-16-32-13-11-24(25)20-5-1-7-23(14-20)35-18-19-4-3-12-31-15-19/h1-8,12,14-15,22,32H,9-11,13,16-18H2. The lowest BCUT2D eigenvalue weighted by atomic mass is 9.93. The molecule has 0 saturated heterocycles. The summed E-state index contributed by atoms with van der Waals surface area (Å²) in [4.78, 5) is 20.0. The molecule has 0 atom stereocenters. The van der Waals surface area contributed by atoms with Crippen molar-refractivity contribution in [2.45, 2.75) is 38.5 Å². The van der Waals surface area contributed by atoms with Crippen LogP contribution in [0.5, 0.6) is 5.75 Å². The first-order chi connectivity index (χ1) is 17.1. The highest BCUT2D eigenvalue weighted by Crippen LogP contribution is 2.35. The quantitative estimate of drug-likeness (QED) is 0.412. The molecule has 5 rings (SSSR count). The van der Waals surface area contributed by atoms with Crippen molar-refractivity contribution in [3.8, 4) is 5.75 Å². The van der Waals surface area contributed by atoms with E-state index in [0.29, 0.717) is 29.7 Å². The Morgan fingerprint density at radius 2 is 1.97 bits per heavy atom. The molecule has 3 aromatic rings. The molecule has 1 fully saturated rings. The van der Waals surface area contributed by atoms with Crippen molar-refractivity contribution in [1.29, 1.82) is 0 Å². The molecule has 2 aliphatic rings. The van der Waals surface area contributed by atoms with E-state index in [0.717, 1.165) is 59.4 Å². The summed E-state index contributed by atoms with van der Waals surface area (Å²) in [5.74, 6) is 0.835. The van der Waals surface area contributed by atoms with E-state index in [-0.39, 0.29) is 11.9 Å². The van der Waals surface area contributed by atoms with Gasteiger partial charge in [-0.3, -0.25) is 9.78 Å². The van der Waals surface area contributed by atoms with E-state index in [4.69, 9.17) is 27.9 Å². The Bertz CT molecular complexity index is 1240. The van der Waals surface area contributed by atoms with Crippen LogP contribution in [0, 0.1) is 0 Å². The molecule has 2 aromatic carbocycles. The Morgan fingerprint density at radius 1 is 1.11 bits per heavy atom. The first-order valence-corrected chi connectivity index (χ1v) is 12.6. The number of nitrogens with one attached hydrogen (secondary N) is 1. The fourth-order valence-electron chi connectivity index (χ4n) is 4.41. The summed E-state index contributed by atoms with van der Waals surface area (Å²) >= 11 is 12.7. The third-order valence-corrected chi connectivity index (χ3v) is 7.27. The zero-order valence-electron chi connectivity index (χ0n) is 19.3. The number of aromatic nitrogens is 1. The number of nitrogens with zero attached hydrogens (tertiary/aromatic N) is 2. The van der Waals surface area contributed by atoms with Crippen molar-refractivity contribution in [1.82, 2.24) is 15.2 Å². The van der Waals surface area contributed by atoms with Gasteiger partial charge in [0.2, 0.25) is 0 Å². The Labute approximate surface area is 215 Å². The van der Waals surface area contributed by atoms with Crippen LogP contribution in [0.15, 0.2) is 72.6 Å². The Hall–Kier alpha value is -2.86. The Kier molecular flexibility index (Phi) is 7.37. The highest BCUT2D eigenvalue weighted by molar-refractivity contribution is 6.42. The van der Waals surface area contributed by atoms with Crippen LogP contribution in [-0.2, 0) is 17.9 Å². The van der Waals surface area contributed by atoms with Gasteiger partial charge >= 0.3 is 0 Å². The minimum atomic E-state index is 0.0624. The van der Waals surface area contributed by atoms with Gasteiger partial charge in [-0.1, -0.05) is 53.5 Å². The second-order valence-corrected chi connectivity index (χ2v) is 9.72. The smallest absolute Gasteiger partial charge is 0.251 e. The molecule has 0 radical (unpaired) electrons. The van der Waals surface area contributed by atoms with Gasteiger partial charge in [0, 0.05) is 42.7 Å². The van der Waals surface area contributed by atoms with Crippen LogP contribution in [0.3, 0.4) is 0 Å². The van der Waals surface area contributed by atoms with Gasteiger partial charge < -0.3 is 15.0 Å². The first kappa shape index (κ1) is 23.9. The lowest BCUT2D eigenvalue weighted by molar-refractivity contribution is -0.128. The van der Waals surface area contributed by atoms with Gasteiger partial charge in [0.1, 0.15) is 12.4 Å². The number of halogens is 2. The maximum atomic E-state index is 13.9. The van der Waals surface area contributed by atoms with Crippen molar-refractivity contribution in [3.05, 3.63) is 99.3 Å². The second-order valence-electron chi connectivity index (χ2n) is 8.94. The molecule has 1 aromatic heterocycles. The topological polar surface area (TPSA) is 54.5 Å². The third-order valence-electron chi connectivity index (χ3n) is 6.41. The highest BCUT2D eigenvalue weighted by atomic mass is 35.5. The van der Waals surface area contributed by atoms with Crippen molar-refractivity contribution in [3.63, 3.8) is 0 Å². The van der Waals surface area contributed by atoms with Gasteiger partial charge in [-0.15, -0.1) is 0 Å². The summed E-state index contributed by atoms with van der Waals surface area (Å²) in [6.07, 6.45) is 6.35. The van der Waals surface area contributed by atoms with E-state index in [1.165, 1.54) is 0 Å². The van der Waals surface area contributed by atoms with Gasteiger partial charge in [0.15, 0.2) is 0 Å². The van der Waals surface area contributed by atoms with Crippen LogP contribution < -0.4 is 10.1 Å². The van der Waals surface area contributed by atoms with Gasteiger partial charge in [-0.05, 0) is 66.8 Å². The van der Waals surface area contributed by atoms with E-state index in [1.54, 1.807) is 18.5 Å². The summed E-state index contributed by atoms with van der Waals surface area (Å²) < 4.78 is 6.02. The summed E-state index contributed by atoms with van der Waals surface area (Å²) in [6, 6.07) is 17.7. The molecule has 35 heavy (non-hydrogen) atoms. The number of hydrogen-bond donors (Lipinski definition) is 1. The average Bonchev–Trinajstić information content (AvgIpc) is 3.74. The average molecular weight is 508 g/mol. The molecular weight excluding hydrogens is 481 g/mol. The van der Waals surface area contributed by atoms with Gasteiger partial charge in [0.05, 0.1) is 10.0 Å². The van der Waals surface area contributed by atoms with E-state index in [2.05, 4.69) is 16.4 Å². The van der Waals surface area contributed by atoms with Crippen LogP contribution in [0.4, 0.5) is 0 Å². The fourth-order valence-corrected chi connectivity index (χ4v) is 4.79. The summed E-state index contributed by atoms with van der Waals surface area (Å²) in [6.45, 7) is 2.27. The second kappa shape index (κ2) is 10.8. The van der Waals surface area contributed by atoms with Crippen molar-refractivity contribution >= 4 is 34.7 Å². The van der Waals surface area contributed by atoms with Crippen LogP contribution in [-0.4, -0.2) is 34.9 Å². The Balaban J connectivity index is 1.40. The van der Waals surface area contributed by atoms with Crippen molar-refractivity contribution in [2.75, 3.05) is 13.1 Å². The largest absolute Gasteiger partial charge is 0.489 e. The maximum Gasteiger partial charge on any atom is 0.251 e. The summed E-state index contributed by atoms with van der Waals surface area (Å²) in [7, 11) is 0.